The Hall–Kier alpha value is -2.36. The number of azo groups is 1. The van der Waals surface area contributed by atoms with Gasteiger partial charge < -0.3 is 10.5 Å². The van der Waals surface area contributed by atoms with Crippen LogP contribution in [-0.4, -0.2) is 6.61 Å². The molecule has 2 aromatic carbocycles. The first kappa shape index (κ1) is 12.1. The molecule has 2 rings (SSSR count). The van der Waals surface area contributed by atoms with E-state index in [0.29, 0.717) is 23.7 Å². The Bertz CT molecular complexity index is 538. The first-order valence-electron chi connectivity index (χ1n) is 5.78. The number of hydrogen-bond acceptors (Lipinski definition) is 4. The van der Waals surface area contributed by atoms with Gasteiger partial charge in [-0.2, -0.15) is 5.11 Å². The van der Waals surface area contributed by atoms with E-state index < -0.39 is 0 Å². The zero-order valence-electron chi connectivity index (χ0n) is 10.2. The Morgan fingerprint density at radius 2 is 1.83 bits per heavy atom. The van der Waals surface area contributed by atoms with E-state index in [4.69, 9.17) is 10.5 Å². The minimum atomic E-state index is 0.567. The largest absolute Gasteiger partial charge is 0.491 e. The van der Waals surface area contributed by atoms with Crippen LogP contribution in [0.15, 0.2) is 58.8 Å². The molecule has 2 aromatic rings. The summed E-state index contributed by atoms with van der Waals surface area (Å²) in [5.74, 6) is 0.650. The van der Waals surface area contributed by atoms with Crippen molar-refractivity contribution < 1.29 is 4.74 Å². The number of nitrogens with zero attached hydrogens (tertiary/aromatic N) is 2. The van der Waals surface area contributed by atoms with Crippen LogP contribution in [0.4, 0.5) is 17.1 Å². The Kier molecular flexibility index (Phi) is 3.91. The van der Waals surface area contributed by atoms with Gasteiger partial charge in [0, 0.05) is 11.8 Å². The topological polar surface area (TPSA) is 60.0 Å². The van der Waals surface area contributed by atoms with E-state index in [0.717, 1.165) is 5.69 Å². The number of benzene rings is 2. The summed E-state index contributed by atoms with van der Waals surface area (Å²) in [7, 11) is 0. The SMILES string of the molecule is CCOc1cc(N)ccc1N=Nc1ccccc1. The number of anilines is 1. The third-order valence-corrected chi connectivity index (χ3v) is 2.31. The smallest absolute Gasteiger partial charge is 0.148 e. The highest BCUT2D eigenvalue weighted by atomic mass is 16.5. The predicted octanol–water partition coefficient (Wildman–Crippen LogP) is 4.08. The lowest BCUT2D eigenvalue weighted by atomic mass is 10.2. The number of rotatable bonds is 4. The van der Waals surface area contributed by atoms with Crippen LogP contribution in [0.1, 0.15) is 6.92 Å². The number of ether oxygens (including phenoxy) is 1. The molecule has 0 atom stereocenters. The molecule has 0 spiro atoms. The predicted molar refractivity (Wildman–Crippen MR) is 72.6 cm³/mol. The van der Waals surface area contributed by atoms with Crippen LogP contribution < -0.4 is 10.5 Å². The highest BCUT2D eigenvalue weighted by Crippen LogP contribution is 2.31. The third kappa shape index (κ3) is 3.07. The van der Waals surface area contributed by atoms with Gasteiger partial charge in [-0.15, -0.1) is 5.11 Å². The molecule has 0 radical (unpaired) electrons. The second-order valence-electron chi connectivity index (χ2n) is 3.70. The summed E-state index contributed by atoms with van der Waals surface area (Å²) < 4.78 is 5.47. The van der Waals surface area contributed by atoms with Crippen LogP contribution in [0.3, 0.4) is 0 Å². The highest BCUT2D eigenvalue weighted by molar-refractivity contribution is 5.59. The molecule has 0 saturated heterocycles. The minimum absolute atomic E-state index is 0.567. The average Bonchev–Trinajstić information content (AvgIpc) is 2.39. The lowest BCUT2D eigenvalue weighted by Crippen LogP contribution is -1.93. The molecule has 0 aliphatic heterocycles. The number of nitrogen functional groups attached to an aromatic ring is 1. The molecule has 0 aliphatic carbocycles. The van der Waals surface area contributed by atoms with Gasteiger partial charge in [-0.25, -0.2) is 0 Å². The van der Waals surface area contributed by atoms with Gasteiger partial charge in [-0.05, 0) is 31.2 Å². The molecular formula is C14H15N3O. The van der Waals surface area contributed by atoms with Gasteiger partial charge in [-0.1, -0.05) is 18.2 Å². The summed E-state index contributed by atoms with van der Waals surface area (Å²) in [6, 6.07) is 14.9. The van der Waals surface area contributed by atoms with Gasteiger partial charge in [0.15, 0.2) is 0 Å². The number of hydrogen-bond donors (Lipinski definition) is 1. The van der Waals surface area contributed by atoms with E-state index in [9.17, 15) is 0 Å². The molecular weight excluding hydrogens is 226 g/mol. The van der Waals surface area contributed by atoms with Gasteiger partial charge in [0.2, 0.25) is 0 Å². The lowest BCUT2D eigenvalue weighted by molar-refractivity contribution is 0.341. The molecule has 0 aliphatic rings. The van der Waals surface area contributed by atoms with Gasteiger partial charge in [0.05, 0.1) is 12.3 Å². The van der Waals surface area contributed by atoms with Gasteiger partial charge in [-0.3, -0.25) is 0 Å². The lowest BCUT2D eigenvalue weighted by Gasteiger charge is -2.06. The van der Waals surface area contributed by atoms with Crippen molar-refractivity contribution in [3.63, 3.8) is 0 Å². The summed E-state index contributed by atoms with van der Waals surface area (Å²) in [6.45, 7) is 2.48. The van der Waals surface area contributed by atoms with Crippen molar-refractivity contribution in [3.05, 3.63) is 48.5 Å². The van der Waals surface area contributed by atoms with Crippen LogP contribution in [-0.2, 0) is 0 Å². The fraction of sp³-hybridized carbons (Fsp3) is 0.143. The summed E-state index contributed by atoms with van der Waals surface area (Å²) in [6.07, 6.45) is 0. The first-order valence-corrected chi connectivity index (χ1v) is 5.78. The van der Waals surface area contributed by atoms with Crippen molar-refractivity contribution in [2.75, 3.05) is 12.3 Å². The summed E-state index contributed by atoms with van der Waals surface area (Å²) in [5, 5.41) is 8.33. The maximum atomic E-state index is 5.71. The van der Waals surface area contributed by atoms with E-state index in [-0.39, 0.29) is 0 Å². The minimum Gasteiger partial charge on any atom is -0.491 e. The Labute approximate surface area is 106 Å². The molecule has 0 amide bonds. The van der Waals surface area contributed by atoms with Gasteiger partial charge >= 0.3 is 0 Å². The molecule has 2 N–H and O–H groups in total. The van der Waals surface area contributed by atoms with Crippen molar-refractivity contribution in [3.8, 4) is 5.75 Å². The van der Waals surface area contributed by atoms with E-state index in [1.807, 2.05) is 37.3 Å². The van der Waals surface area contributed by atoms with Crippen LogP contribution in [0.25, 0.3) is 0 Å². The maximum absolute atomic E-state index is 5.71. The molecule has 0 fully saturated rings. The van der Waals surface area contributed by atoms with Crippen molar-refractivity contribution in [2.45, 2.75) is 6.92 Å². The molecule has 18 heavy (non-hydrogen) atoms. The molecule has 92 valence electrons. The summed E-state index contributed by atoms with van der Waals surface area (Å²) >= 11 is 0. The quantitative estimate of drug-likeness (QED) is 0.647. The molecule has 4 heteroatoms. The zero-order valence-corrected chi connectivity index (χ0v) is 10.2. The second kappa shape index (κ2) is 5.82. The molecule has 0 bridgehead atoms. The molecule has 0 unspecified atom stereocenters. The molecule has 4 nitrogen and oxygen atoms in total. The third-order valence-electron chi connectivity index (χ3n) is 2.31. The maximum Gasteiger partial charge on any atom is 0.148 e. The van der Waals surface area contributed by atoms with Crippen molar-refractivity contribution >= 4 is 17.1 Å². The van der Waals surface area contributed by atoms with E-state index in [2.05, 4.69) is 10.2 Å². The summed E-state index contributed by atoms with van der Waals surface area (Å²) in [5.41, 5.74) is 7.84. The fourth-order valence-electron chi connectivity index (χ4n) is 1.49. The summed E-state index contributed by atoms with van der Waals surface area (Å²) in [4.78, 5) is 0. The fourth-order valence-corrected chi connectivity index (χ4v) is 1.49. The Morgan fingerprint density at radius 1 is 1.06 bits per heavy atom. The van der Waals surface area contributed by atoms with E-state index in [1.165, 1.54) is 0 Å². The second-order valence-corrected chi connectivity index (χ2v) is 3.70. The van der Waals surface area contributed by atoms with E-state index >= 15 is 0 Å². The molecule has 0 heterocycles. The van der Waals surface area contributed by atoms with Gasteiger partial charge in [0.25, 0.3) is 0 Å². The molecule has 0 saturated carbocycles. The van der Waals surface area contributed by atoms with Crippen molar-refractivity contribution in [1.82, 2.24) is 0 Å². The van der Waals surface area contributed by atoms with Crippen molar-refractivity contribution in [1.29, 1.82) is 0 Å². The molecule has 0 aromatic heterocycles. The number of nitrogens with two attached hydrogens (primary N) is 1. The Morgan fingerprint density at radius 3 is 2.56 bits per heavy atom. The van der Waals surface area contributed by atoms with E-state index in [1.54, 1.807) is 18.2 Å². The normalized spacial score (nSPS) is 10.7. The highest BCUT2D eigenvalue weighted by Gasteiger charge is 2.02. The van der Waals surface area contributed by atoms with Gasteiger partial charge in [0.1, 0.15) is 11.4 Å². The van der Waals surface area contributed by atoms with Crippen molar-refractivity contribution in [2.24, 2.45) is 10.2 Å². The average molecular weight is 241 g/mol. The van der Waals surface area contributed by atoms with Crippen LogP contribution in [0.5, 0.6) is 5.75 Å². The van der Waals surface area contributed by atoms with Crippen LogP contribution in [0, 0.1) is 0 Å². The van der Waals surface area contributed by atoms with Crippen LogP contribution >= 0.6 is 0 Å². The zero-order chi connectivity index (χ0) is 12.8. The Balaban J connectivity index is 2.25. The standard InChI is InChI=1S/C14H15N3O/c1-2-18-14-10-11(15)8-9-13(14)17-16-12-6-4-3-5-7-12/h3-10H,2,15H2,1H3. The van der Waals surface area contributed by atoms with Crippen LogP contribution in [0.2, 0.25) is 0 Å². The monoisotopic (exact) mass is 241 g/mol. The first-order chi connectivity index (χ1) is 8.79.